The summed E-state index contributed by atoms with van der Waals surface area (Å²) in [6.07, 6.45) is 1.11. The summed E-state index contributed by atoms with van der Waals surface area (Å²) in [5.41, 5.74) is 0. The molecule has 0 bridgehead atoms. The number of rotatable bonds is 7. The minimum Gasteiger partial charge on any atom is -0.460 e. The van der Waals surface area contributed by atoms with Gasteiger partial charge in [-0.05, 0) is 61.2 Å². The highest BCUT2D eigenvalue weighted by Crippen LogP contribution is 2.37. The van der Waals surface area contributed by atoms with Crippen molar-refractivity contribution in [2.24, 2.45) is 35.5 Å². The normalized spacial score (nSPS) is 34.5. The molecule has 2 aliphatic rings. The first kappa shape index (κ1) is 25.1. The summed E-state index contributed by atoms with van der Waals surface area (Å²) in [4.78, 5) is 25.0. The Labute approximate surface area is 181 Å². The molecule has 8 atom stereocenters. The Morgan fingerprint density at radius 1 is 0.700 bits per heavy atom. The third-order valence-corrected chi connectivity index (χ3v) is 7.24. The fourth-order valence-electron chi connectivity index (χ4n) is 5.20. The molecule has 0 aromatic rings. The number of carbonyl (C=O) groups is 2. The van der Waals surface area contributed by atoms with Crippen molar-refractivity contribution in [1.29, 1.82) is 0 Å². The van der Waals surface area contributed by atoms with Crippen molar-refractivity contribution >= 4 is 11.9 Å². The summed E-state index contributed by atoms with van der Waals surface area (Å²) in [5.74, 6) is 0.126. The van der Waals surface area contributed by atoms with E-state index in [0.29, 0.717) is 23.7 Å². The lowest BCUT2D eigenvalue weighted by molar-refractivity contribution is -0.185. The zero-order chi connectivity index (χ0) is 22.6. The lowest BCUT2D eigenvalue weighted by atomic mass is 9.75. The second-order valence-electron chi connectivity index (χ2n) is 10.5. The predicted molar refractivity (Wildman–Crippen MR) is 114 cm³/mol. The van der Waals surface area contributed by atoms with Crippen LogP contribution in [0.1, 0.15) is 80.1 Å². The predicted octanol–water partition coefficient (Wildman–Crippen LogP) is 3.72. The van der Waals surface area contributed by atoms with Crippen molar-refractivity contribution in [3.8, 4) is 0 Å². The van der Waals surface area contributed by atoms with E-state index in [-0.39, 0.29) is 24.0 Å². The Hall–Kier alpha value is -1.14. The Morgan fingerprint density at radius 2 is 1.03 bits per heavy atom. The molecule has 2 aliphatic carbocycles. The smallest absolute Gasteiger partial charge is 0.338 e. The summed E-state index contributed by atoms with van der Waals surface area (Å²) in [6, 6.07) is 0. The van der Waals surface area contributed by atoms with E-state index in [4.69, 9.17) is 9.47 Å². The van der Waals surface area contributed by atoms with Gasteiger partial charge in [-0.15, -0.1) is 0 Å². The van der Waals surface area contributed by atoms with E-state index in [9.17, 15) is 19.8 Å². The fraction of sp³-hybridized carbons (Fsp3) is 0.917. The van der Waals surface area contributed by atoms with Gasteiger partial charge in [-0.1, -0.05) is 54.4 Å². The largest absolute Gasteiger partial charge is 0.460 e. The maximum absolute atomic E-state index is 12.5. The van der Waals surface area contributed by atoms with Gasteiger partial charge in [-0.25, -0.2) is 9.59 Å². The van der Waals surface area contributed by atoms with Crippen LogP contribution in [0.3, 0.4) is 0 Å². The molecular formula is C24H42O6. The van der Waals surface area contributed by atoms with Crippen molar-refractivity contribution in [2.45, 2.75) is 104 Å². The maximum atomic E-state index is 12.5. The van der Waals surface area contributed by atoms with E-state index < -0.39 is 24.1 Å². The Bertz CT molecular complexity index is 524. The van der Waals surface area contributed by atoms with Crippen LogP contribution >= 0.6 is 0 Å². The molecule has 2 fully saturated rings. The van der Waals surface area contributed by atoms with Crippen molar-refractivity contribution in [1.82, 2.24) is 0 Å². The molecule has 0 saturated heterocycles. The molecule has 0 aliphatic heterocycles. The van der Waals surface area contributed by atoms with Gasteiger partial charge in [0.15, 0.2) is 12.2 Å². The van der Waals surface area contributed by atoms with E-state index in [0.717, 1.165) is 38.5 Å². The quantitative estimate of drug-likeness (QED) is 0.603. The summed E-state index contributed by atoms with van der Waals surface area (Å²) in [6.45, 7) is 12.6. The van der Waals surface area contributed by atoms with E-state index in [1.165, 1.54) is 0 Å². The second-order valence-corrected chi connectivity index (χ2v) is 10.5. The monoisotopic (exact) mass is 426 g/mol. The molecule has 2 saturated carbocycles. The number of hydrogen-bond acceptors (Lipinski definition) is 6. The zero-order valence-corrected chi connectivity index (χ0v) is 19.5. The Morgan fingerprint density at radius 3 is 1.33 bits per heavy atom. The zero-order valence-electron chi connectivity index (χ0n) is 19.5. The lowest BCUT2D eigenvalue weighted by Gasteiger charge is -2.38. The topological polar surface area (TPSA) is 93.1 Å². The van der Waals surface area contributed by atoms with Gasteiger partial charge in [-0.2, -0.15) is 0 Å². The van der Waals surface area contributed by atoms with Crippen LogP contribution in [0.4, 0.5) is 0 Å². The van der Waals surface area contributed by atoms with E-state index >= 15 is 0 Å². The summed E-state index contributed by atoms with van der Waals surface area (Å²) < 4.78 is 11.2. The first-order chi connectivity index (χ1) is 14.0. The van der Waals surface area contributed by atoms with Crippen LogP contribution in [0, 0.1) is 35.5 Å². The number of esters is 2. The van der Waals surface area contributed by atoms with Crippen LogP contribution in [0.5, 0.6) is 0 Å². The minimum absolute atomic E-state index is 0.219. The first-order valence-corrected chi connectivity index (χ1v) is 11.8. The van der Waals surface area contributed by atoms with Crippen LogP contribution < -0.4 is 0 Å². The lowest BCUT2D eigenvalue weighted by Crippen LogP contribution is -2.47. The molecule has 6 heteroatoms. The summed E-state index contributed by atoms with van der Waals surface area (Å²) in [5, 5.41) is 20.6. The maximum Gasteiger partial charge on any atom is 0.338 e. The average Bonchev–Trinajstić information content (AvgIpc) is 2.66. The highest BCUT2D eigenvalue weighted by atomic mass is 16.6. The van der Waals surface area contributed by atoms with Gasteiger partial charge in [-0.3, -0.25) is 0 Å². The van der Waals surface area contributed by atoms with Crippen molar-refractivity contribution < 1.29 is 29.3 Å². The van der Waals surface area contributed by atoms with Crippen LogP contribution in [0.15, 0.2) is 0 Å². The van der Waals surface area contributed by atoms with Gasteiger partial charge in [0.2, 0.25) is 0 Å². The van der Waals surface area contributed by atoms with Gasteiger partial charge in [0.1, 0.15) is 12.2 Å². The van der Waals surface area contributed by atoms with Gasteiger partial charge in [0, 0.05) is 0 Å². The molecule has 6 nitrogen and oxygen atoms in total. The molecule has 0 aromatic carbocycles. The number of aliphatic hydroxyl groups excluding tert-OH is 2. The molecule has 2 N–H and O–H groups in total. The van der Waals surface area contributed by atoms with E-state index in [1.807, 2.05) is 0 Å². The molecule has 0 spiro atoms. The van der Waals surface area contributed by atoms with Gasteiger partial charge < -0.3 is 19.7 Å². The van der Waals surface area contributed by atoms with Crippen LogP contribution in [-0.4, -0.2) is 46.6 Å². The highest BCUT2D eigenvalue weighted by molar-refractivity contribution is 5.85. The highest BCUT2D eigenvalue weighted by Gasteiger charge is 2.40. The van der Waals surface area contributed by atoms with Crippen LogP contribution in [0.2, 0.25) is 0 Å². The average molecular weight is 427 g/mol. The van der Waals surface area contributed by atoms with Gasteiger partial charge in [0.05, 0.1) is 0 Å². The number of aliphatic hydroxyl groups is 2. The number of hydrogen-bond donors (Lipinski definition) is 2. The van der Waals surface area contributed by atoms with Crippen molar-refractivity contribution in [3.63, 3.8) is 0 Å². The molecular weight excluding hydrogens is 384 g/mol. The van der Waals surface area contributed by atoms with Gasteiger partial charge in [0.25, 0.3) is 0 Å². The number of carbonyl (C=O) groups excluding carboxylic acids is 2. The third kappa shape index (κ3) is 6.43. The molecule has 0 radical (unpaired) electrons. The molecule has 0 amide bonds. The summed E-state index contributed by atoms with van der Waals surface area (Å²) in [7, 11) is 0. The molecule has 30 heavy (non-hydrogen) atoms. The number of ether oxygens (including phenoxy) is 2. The first-order valence-electron chi connectivity index (χ1n) is 11.8. The third-order valence-electron chi connectivity index (χ3n) is 7.24. The summed E-state index contributed by atoms with van der Waals surface area (Å²) >= 11 is 0. The van der Waals surface area contributed by atoms with Crippen LogP contribution in [0.25, 0.3) is 0 Å². The Kier molecular flexibility index (Phi) is 9.16. The van der Waals surface area contributed by atoms with Crippen molar-refractivity contribution in [2.75, 3.05) is 0 Å². The van der Waals surface area contributed by atoms with Gasteiger partial charge >= 0.3 is 11.9 Å². The SMILES string of the molecule is CC(C)[C@@H]1CC[C@@H](C)C[C@@H]1OC(=O)[C@H](O)[C@H](O)C(=O)O[C@@H]1C[C@H](C)CC[C@H]1C(C)C. The fourth-order valence-corrected chi connectivity index (χ4v) is 5.20. The minimum atomic E-state index is -1.93. The molecule has 174 valence electrons. The van der Waals surface area contributed by atoms with Crippen LogP contribution in [-0.2, 0) is 19.1 Å². The molecule has 0 unspecified atom stereocenters. The van der Waals surface area contributed by atoms with E-state index in [1.54, 1.807) is 0 Å². The standard InChI is InChI=1S/C24H42O6/c1-13(2)17-9-7-15(5)11-19(17)29-23(27)21(25)22(26)24(28)30-20-12-16(6)8-10-18(20)14(3)4/h13-22,25-26H,7-12H2,1-6H3/t15-,16-,17+,18+,19-,20+,21+,22-/m1/s1. The van der Waals surface area contributed by atoms with E-state index in [2.05, 4.69) is 41.5 Å². The van der Waals surface area contributed by atoms with Crippen molar-refractivity contribution in [3.05, 3.63) is 0 Å². The molecule has 0 aromatic heterocycles. The Balaban J connectivity index is 1.96. The molecule has 0 heterocycles. The second kappa shape index (κ2) is 10.9. The molecule has 2 rings (SSSR count).